The van der Waals surface area contributed by atoms with Gasteiger partial charge in [-0.1, -0.05) is 6.92 Å². The monoisotopic (exact) mass is 212 g/mol. The van der Waals surface area contributed by atoms with Gasteiger partial charge in [-0.25, -0.2) is 0 Å². The third kappa shape index (κ3) is 2.92. The number of hydrogen-bond donors (Lipinski definition) is 1. The van der Waals surface area contributed by atoms with E-state index in [-0.39, 0.29) is 0 Å². The van der Waals surface area contributed by atoms with Crippen LogP contribution in [-0.2, 0) is 4.74 Å². The molecular weight excluding hydrogens is 188 g/mol. The van der Waals surface area contributed by atoms with Crippen LogP contribution < -0.4 is 5.32 Å². The average molecular weight is 212 g/mol. The Kier molecular flexibility index (Phi) is 4.00. The van der Waals surface area contributed by atoms with E-state index in [1.165, 1.54) is 25.8 Å². The van der Waals surface area contributed by atoms with Crippen molar-refractivity contribution < 1.29 is 4.74 Å². The van der Waals surface area contributed by atoms with E-state index in [4.69, 9.17) is 4.74 Å². The zero-order valence-electron chi connectivity index (χ0n) is 10.0. The van der Waals surface area contributed by atoms with Gasteiger partial charge in [0.05, 0.1) is 6.10 Å². The second kappa shape index (κ2) is 5.28. The molecule has 0 aromatic rings. The predicted molar refractivity (Wildman–Crippen MR) is 62.0 cm³/mol. The molecule has 0 aromatic heterocycles. The van der Waals surface area contributed by atoms with Crippen LogP contribution in [0, 0.1) is 5.92 Å². The summed E-state index contributed by atoms with van der Waals surface area (Å²) in [6, 6.07) is 0.697. The maximum Gasteiger partial charge on any atom is 0.0702 e. The fraction of sp³-hybridized carbons (Fsp3) is 1.00. The number of nitrogens with one attached hydrogen (secondary N) is 1. The Labute approximate surface area is 93.2 Å². The molecule has 2 rings (SSSR count). The molecule has 3 nitrogen and oxygen atoms in total. The first-order chi connectivity index (χ1) is 7.27. The Morgan fingerprint density at radius 1 is 1.40 bits per heavy atom. The van der Waals surface area contributed by atoms with Gasteiger partial charge in [0.25, 0.3) is 0 Å². The van der Waals surface area contributed by atoms with Crippen molar-refractivity contribution in [1.29, 1.82) is 0 Å². The average Bonchev–Trinajstić information content (AvgIpc) is 2.71. The number of nitrogens with zero attached hydrogens (tertiary/aromatic N) is 1. The topological polar surface area (TPSA) is 24.5 Å². The minimum absolute atomic E-state index is 0.490. The van der Waals surface area contributed by atoms with Crippen LogP contribution in [0.3, 0.4) is 0 Å². The SMILES string of the molecule is CC1CCNCC1N(C)CC1CCCO1. The van der Waals surface area contributed by atoms with E-state index in [1.807, 2.05) is 0 Å². The molecule has 0 bridgehead atoms. The van der Waals surface area contributed by atoms with Gasteiger partial charge in [0.15, 0.2) is 0 Å². The standard InChI is InChI=1S/C12H24N2O/c1-10-5-6-13-8-12(10)14(2)9-11-4-3-7-15-11/h10-13H,3-9H2,1-2H3. The summed E-state index contributed by atoms with van der Waals surface area (Å²) in [4.78, 5) is 2.49. The molecule has 1 N–H and O–H groups in total. The van der Waals surface area contributed by atoms with Crippen LogP contribution in [0.25, 0.3) is 0 Å². The predicted octanol–water partition coefficient (Wildman–Crippen LogP) is 1.10. The Bertz CT molecular complexity index is 192. The van der Waals surface area contributed by atoms with Crippen LogP contribution in [0.4, 0.5) is 0 Å². The largest absolute Gasteiger partial charge is 0.377 e. The first kappa shape index (κ1) is 11.4. The third-order valence-corrected chi connectivity index (χ3v) is 3.87. The molecule has 0 radical (unpaired) electrons. The van der Waals surface area contributed by atoms with E-state index in [0.29, 0.717) is 12.1 Å². The molecule has 2 aliphatic rings. The van der Waals surface area contributed by atoms with Gasteiger partial charge in [-0.05, 0) is 38.8 Å². The third-order valence-electron chi connectivity index (χ3n) is 3.87. The van der Waals surface area contributed by atoms with Gasteiger partial charge in [-0.2, -0.15) is 0 Å². The van der Waals surface area contributed by atoms with Crippen molar-refractivity contribution >= 4 is 0 Å². The molecule has 0 saturated carbocycles. The van der Waals surface area contributed by atoms with Crippen molar-refractivity contribution in [3.63, 3.8) is 0 Å². The lowest BCUT2D eigenvalue weighted by molar-refractivity contribution is 0.0522. The summed E-state index contributed by atoms with van der Waals surface area (Å²) in [5, 5.41) is 3.49. The highest BCUT2D eigenvalue weighted by molar-refractivity contribution is 4.83. The molecule has 3 unspecified atom stereocenters. The maximum atomic E-state index is 5.69. The second-order valence-corrected chi connectivity index (χ2v) is 5.11. The zero-order valence-corrected chi connectivity index (χ0v) is 10.0. The first-order valence-electron chi connectivity index (χ1n) is 6.30. The number of rotatable bonds is 3. The molecule has 3 heteroatoms. The number of ether oxygens (including phenoxy) is 1. The summed E-state index contributed by atoms with van der Waals surface area (Å²) in [5.41, 5.74) is 0. The van der Waals surface area contributed by atoms with Gasteiger partial charge in [0.1, 0.15) is 0 Å². The molecule has 3 atom stereocenters. The van der Waals surface area contributed by atoms with Gasteiger partial charge in [0, 0.05) is 25.7 Å². The number of hydrogen-bond acceptors (Lipinski definition) is 3. The minimum atomic E-state index is 0.490. The number of piperidine rings is 1. The summed E-state index contributed by atoms with van der Waals surface area (Å²) < 4.78 is 5.69. The van der Waals surface area contributed by atoms with E-state index < -0.39 is 0 Å². The van der Waals surface area contributed by atoms with Crippen molar-refractivity contribution in [3.8, 4) is 0 Å². The molecule has 2 saturated heterocycles. The van der Waals surface area contributed by atoms with Gasteiger partial charge < -0.3 is 10.1 Å². The Morgan fingerprint density at radius 3 is 2.93 bits per heavy atom. The summed E-state index contributed by atoms with van der Waals surface area (Å²) in [6.45, 7) is 6.78. The molecule has 2 aliphatic heterocycles. The second-order valence-electron chi connectivity index (χ2n) is 5.11. The molecular formula is C12H24N2O. The van der Waals surface area contributed by atoms with Crippen molar-refractivity contribution in [2.45, 2.75) is 38.3 Å². The maximum absolute atomic E-state index is 5.69. The summed E-state index contributed by atoms with van der Waals surface area (Å²) in [5.74, 6) is 0.817. The Morgan fingerprint density at radius 2 is 2.27 bits per heavy atom. The lowest BCUT2D eigenvalue weighted by Crippen LogP contribution is -2.50. The molecule has 0 aromatic carbocycles. The van der Waals surface area contributed by atoms with Gasteiger partial charge in [-0.15, -0.1) is 0 Å². The van der Waals surface area contributed by atoms with Crippen LogP contribution in [0.15, 0.2) is 0 Å². The summed E-state index contributed by atoms with van der Waals surface area (Å²) >= 11 is 0. The van der Waals surface area contributed by atoms with Crippen LogP contribution in [0.2, 0.25) is 0 Å². The minimum Gasteiger partial charge on any atom is -0.377 e. The fourth-order valence-corrected chi connectivity index (χ4v) is 2.81. The van der Waals surface area contributed by atoms with E-state index in [9.17, 15) is 0 Å². The quantitative estimate of drug-likeness (QED) is 0.758. The highest BCUT2D eigenvalue weighted by Gasteiger charge is 2.27. The summed E-state index contributed by atoms with van der Waals surface area (Å²) in [7, 11) is 2.25. The molecule has 88 valence electrons. The molecule has 0 amide bonds. The van der Waals surface area contributed by atoms with Gasteiger partial charge in [-0.3, -0.25) is 4.90 Å². The van der Waals surface area contributed by atoms with E-state index in [1.54, 1.807) is 0 Å². The highest BCUT2D eigenvalue weighted by atomic mass is 16.5. The highest BCUT2D eigenvalue weighted by Crippen LogP contribution is 2.19. The van der Waals surface area contributed by atoms with Crippen LogP contribution in [0.1, 0.15) is 26.2 Å². The van der Waals surface area contributed by atoms with Crippen LogP contribution >= 0.6 is 0 Å². The van der Waals surface area contributed by atoms with E-state index >= 15 is 0 Å². The smallest absolute Gasteiger partial charge is 0.0702 e. The number of likely N-dealkylation sites (N-methyl/N-ethyl adjacent to an activating group) is 1. The first-order valence-corrected chi connectivity index (χ1v) is 6.30. The van der Waals surface area contributed by atoms with E-state index in [0.717, 1.165) is 25.6 Å². The zero-order chi connectivity index (χ0) is 10.7. The molecule has 2 heterocycles. The van der Waals surface area contributed by atoms with Crippen molar-refractivity contribution in [2.75, 3.05) is 33.3 Å². The Hall–Kier alpha value is -0.120. The summed E-state index contributed by atoms with van der Waals surface area (Å²) in [6.07, 6.45) is 4.29. The molecule has 2 fully saturated rings. The van der Waals surface area contributed by atoms with Crippen molar-refractivity contribution in [3.05, 3.63) is 0 Å². The van der Waals surface area contributed by atoms with E-state index in [2.05, 4.69) is 24.2 Å². The lowest BCUT2D eigenvalue weighted by Gasteiger charge is -2.37. The lowest BCUT2D eigenvalue weighted by atomic mass is 9.93. The molecule has 0 spiro atoms. The fourth-order valence-electron chi connectivity index (χ4n) is 2.81. The van der Waals surface area contributed by atoms with Crippen molar-refractivity contribution in [2.24, 2.45) is 5.92 Å². The van der Waals surface area contributed by atoms with Crippen molar-refractivity contribution in [1.82, 2.24) is 10.2 Å². The van der Waals surface area contributed by atoms with Crippen LogP contribution in [0.5, 0.6) is 0 Å². The molecule has 0 aliphatic carbocycles. The normalized spacial score (nSPS) is 37.4. The Balaban J connectivity index is 1.80. The van der Waals surface area contributed by atoms with Crippen LogP contribution in [-0.4, -0.2) is 50.3 Å². The molecule has 15 heavy (non-hydrogen) atoms. The van der Waals surface area contributed by atoms with Gasteiger partial charge in [0.2, 0.25) is 0 Å². The van der Waals surface area contributed by atoms with Gasteiger partial charge >= 0.3 is 0 Å².